The summed E-state index contributed by atoms with van der Waals surface area (Å²) in [5.41, 5.74) is 1.13. The van der Waals surface area contributed by atoms with E-state index in [1.165, 1.54) is 0 Å². The van der Waals surface area contributed by atoms with Crippen molar-refractivity contribution >= 4 is 16.4 Å². The highest BCUT2D eigenvalue weighted by Crippen LogP contribution is 2.39. The maximum Gasteiger partial charge on any atom is 0.184 e. The zero-order valence-corrected chi connectivity index (χ0v) is 14.9. The molecule has 0 aliphatic heterocycles. The van der Waals surface area contributed by atoms with Gasteiger partial charge in [0, 0.05) is 0 Å². The lowest BCUT2D eigenvalue weighted by Gasteiger charge is -2.35. The molecule has 104 valence electrons. The van der Waals surface area contributed by atoms with Crippen molar-refractivity contribution in [2.75, 3.05) is 0 Å². The quantitative estimate of drug-likeness (QED) is 0.729. The van der Waals surface area contributed by atoms with E-state index in [-0.39, 0.29) is 11.6 Å². The maximum atomic E-state index is 9.61. The molecule has 0 bridgehead atoms. The molecule has 0 aliphatic carbocycles. The Morgan fingerprint density at radius 3 is 1.89 bits per heavy atom. The van der Waals surface area contributed by atoms with Crippen molar-refractivity contribution in [3.63, 3.8) is 0 Å². The number of nitriles is 1. The molecule has 0 radical (unpaired) electrons. The molecule has 0 fully saturated rings. The van der Waals surface area contributed by atoms with Gasteiger partial charge in [-0.2, -0.15) is 5.26 Å². The van der Waals surface area contributed by atoms with E-state index in [0.717, 1.165) is 5.56 Å². The Bertz CT molecular complexity index is 440. The van der Waals surface area contributed by atoms with Gasteiger partial charge >= 0.3 is 0 Å². The van der Waals surface area contributed by atoms with Gasteiger partial charge in [0.05, 0.1) is 25.8 Å². The first-order valence-corrected chi connectivity index (χ1v) is 13.8. The first-order chi connectivity index (χ1) is 8.65. The van der Waals surface area contributed by atoms with Crippen molar-refractivity contribution in [3.8, 4) is 6.07 Å². The normalized spacial score (nSPS) is 15.6. The molecule has 1 aromatic carbocycles. The van der Waals surface area contributed by atoms with Crippen molar-refractivity contribution in [1.82, 2.24) is 0 Å². The lowest BCUT2D eigenvalue weighted by atomic mass is 10.1. The summed E-state index contributed by atoms with van der Waals surface area (Å²) in [4.78, 5) is 0. The summed E-state index contributed by atoms with van der Waals surface area (Å²) in [6.45, 7) is 13.3. The van der Waals surface area contributed by atoms with E-state index in [9.17, 15) is 5.26 Å². The summed E-state index contributed by atoms with van der Waals surface area (Å²) in [6.07, 6.45) is -0.0791. The molecule has 0 heterocycles. The van der Waals surface area contributed by atoms with Crippen LogP contribution >= 0.6 is 0 Å². The van der Waals surface area contributed by atoms with Gasteiger partial charge in [0.1, 0.15) is 0 Å². The van der Waals surface area contributed by atoms with E-state index in [1.807, 2.05) is 18.2 Å². The van der Waals surface area contributed by atoms with Crippen LogP contribution in [0.2, 0.25) is 44.8 Å². The number of benzene rings is 1. The van der Waals surface area contributed by atoms with Crippen molar-refractivity contribution in [3.05, 3.63) is 35.9 Å². The molecule has 0 saturated heterocycles. The van der Waals surface area contributed by atoms with Gasteiger partial charge in [0.15, 0.2) is 8.32 Å². The fraction of sp³-hybridized carbons (Fsp3) is 0.533. The van der Waals surface area contributed by atoms with Crippen molar-refractivity contribution < 1.29 is 4.43 Å². The molecule has 2 atom stereocenters. The van der Waals surface area contributed by atoms with Crippen LogP contribution in [0.25, 0.3) is 0 Å². The van der Waals surface area contributed by atoms with E-state index in [4.69, 9.17) is 4.43 Å². The number of hydrogen-bond donors (Lipinski definition) is 0. The fourth-order valence-corrected chi connectivity index (χ4v) is 4.79. The average molecular weight is 292 g/mol. The molecule has 19 heavy (non-hydrogen) atoms. The minimum Gasteiger partial charge on any atom is -0.410 e. The third-order valence-corrected chi connectivity index (χ3v) is 6.24. The summed E-state index contributed by atoms with van der Waals surface area (Å²) >= 11 is 0. The molecule has 0 N–H and O–H groups in total. The minimum atomic E-state index is -1.69. The smallest absolute Gasteiger partial charge is 0.184 e. The van der Waals surface area contributed by atoms with Gasteiger partial charge in [-0.05, 0) is 25.2 Å². The molecule has 2 unspecified atom stereocenters. The van der Waals surface area contributed by atoms with Gasteiger partial charge in [0.2, 0.25) is 0 Å². The van der Waals surface area contributed by atoms with Crippen LogP contribution in [-0.2, 0) is 4.43 Å². The van der Waals surface area contributed by atoms with Crippen molar-refractivity contribution in [2.24, 2.45) is 0 Å². The molecule has 0 saturated carbocycles. The molecular weight excluding hydrogens is 266 g/mol. The summed E-state index contributed by atoms with van der Waals surface area (Å²) in [5.74, 6) is 0. The minimum absolute atomic E-state index is 0.0124. The maximum absolute atomic E-state index is 9.61. The fourth-order valence-electron chi connectivity index (χ4n) is 2.07. The second kappa shape index (κ2) is 6.04. The molecular formula is C15H25NOSi2. The van der Waals surface area contributed by atoms with Crippen LogP contribution in [0.5, 0.6) is 0 Å². The summed E-state index contributed by atoms with van der Waals surface area (Å²) in [5, 5.41) is 9.61. The number of rotatable bonds is 5. The van der Waals surface area contributed by atoms with Crippen LogP contribution in [0.3, 0.4) is 0 Å². The van der Waals surface area contributed by atoms with E-state index < -0.39 is 16.4 Å². The third-order valence-electron chi connectivity index (χ3n) is 2.98. The van der Waals surface area contributed by atoms with Gasteiger partial charge in [-0.15, -0.1) is 0 Å². The molecule has 0 amide bonds. The highest BCUT2D eigenvalue weighted by atomic mass is 28.4. The number of hydrogen-bond acceptors (Lipinski definition) is 2. The highest BCUT2D eigenvalue weighted by molar-refractivity contribution is 6.78. The van der Waals surface area contributed by atoms with Gasteiger partial charge in [-0.1, -0.05) is 50.0 Å². The second-order valence-electron chi connectivity index (χ2n) is 7.03. The SMILES string of the molecule is C[Si](C)(C)OC(c1ccccc1)C(C#N)[Si](C)(C)C. The summed E-state index contributed by atoms with van der Waals surface area (Å²) in [7, 11) is -3.29. The van der Waals surface area contributed by atoms with Crippen LogP contribution in [0.15, 0.2) is 30.3 Å². The lowest BCUT2D eigenvalue weighted by molar-refractivity contribution is 0.201. The largest absolute Gasteiger partial charge is 0.410 e. The highest BCUT2D eigenvalue weighted by Gasteiger charge is 2.37. The van der Waals surface area contributed by atoms with Crippen LogP contribution in [0, 0.1) is 11.3 Å². The van der Waals surface area contributed by atoms with Gasteiger partial charge in [0.25, 0.3) is 0 Å². The summed E-state index contributed by atoms with van der Waals surface area (Å²) < 4.78 is 6.35. The van der Waals surface area contributed by atoms with Gasteiger partial charge < -0.3 is 4.43 Å². The Kier molecular flexibility index (Phi) is 5.14. The molecule has 1 rings (SSSR count). The van der Waals surface area contributed by atoms with Crippen molar-refractivity contribution in [1.29, 1.82) is 5.26 Å². The molecule has 0 spiro atoms. The van der Waals surface area contributed by atoms with Crippen LogP contribution in [-0.4, -0.2) is 16.4 Å². The topological polar surface area (TPSA) is 33.0 Å². The molecule has 0 aliphatic rings. The monoisotopic (exact) mass is 291 g/mol. The zero-order chi connectivity index (χ0) is 14.7. The Hall–Kier alpha value is -0.896. The molecule has 0 aromatic heterocycles. The van der Waals surface area contributed by atoms with Crippen molar-refractivity contribution in [2.45, 2.75) is 50.9 Å². The number of nitrogens with zero attached hydrogens (tertiary/aromatic N) is 1. The van der Waals surface area contributed by atoms with Crippen LogP contribution < -0.4 is 0 Å². The predicted molar refractivity (Wildman–Crippen MR) is 86.3 cm³/mol. The summed E-state index contributed by atoms with van der Waals surface area (Å²) in [6, 6.07) is 12.7. The Morgan fingerprint density at radius 2 is 1.53 bits per heavy atom. The second-order valence-corrected chi connectivity index (χ2v) is 16.8. The average Bonchev–Trinajstić information content (AvgIpc) is 2.26. The molecule has 2 nitrogen and oxygen atoms in total. The first-order valence-electron chi connectivity index (χ1n) is 6.77. The van der Waals surface area contributed by atoms with Gasteiger partial charge in [-0.3, -0.25) is 0 Å². The standard InChI is InChI=1S/C15H25NOSi2/c1-18(2,3)14(12-16)15(17-19(4,5)6)13-10-8-7-9-11-13/h7-11,14-15H,1-6H3. The van der Waals surface area contributed by atoms with E-state index in [1.54, 1.807) is 0 Å². The zero-order valence-electron chi connectivity index (χ0n) is 12.9. The molecule has 1 aromatic rings. The van der Waals surface area contributed by atoms with Gasteiger partial charge in [-0.25, -0.2) is 0 Å². The molecule has 4 heteroatoms. The van der Waals surface area contributed by atoms with Crippen LogP contribution in [0.4, 0.5) is 0 Å². The first kappa shape index (κ1) is 16.2. The van der Waals surface area contributed by atoms with E-state index >= 15 is 0 Å². The Labute approximate surface area is 119 Å². The van der Waals surface area contributed by atoms with E-state index in [2.05, 4.69) is 57.5 Å². The predicted octanol–water partition coefficient (Wildman–Crippen LogP) is 4.81. The third kappa shape index (κ3) is 4.94. The van der Waals surface area contributed by atoms with Crippen LogP contribution in [0.1, 0.15) is 11.7 Å². The lowest BCUT2D eigenvalue weighted by Crippen LogP contribution is -2.37. The van der Waals surface area contributed by atoms with E-state index in [0.29, 0.717) is 0 Å². The Balaban J connectivity index is 3.17. The Morgan fingerprint density at radius 1 is 1.00 bits per heavy atom.